The Balaban J connectivity index is 2.14. The van der Waals surface area contributed by atoms with Crippen LogP contribution >= 0.6 is 0 Å². The van der Waals surface area contributed by atoms with Crippen molar-refractivity contribution in [2.45, 2.75) is 441 Å². The smallest absolute Gasteiger partial charge is 0.249 e. The number of amides is 1. The van der Waals surface area contributed by atoms with Crippen LogP contribution in [0.2, 0.25) is 0 Å². The van der Waals surface area contributed by atoms with Crippen LogP contribution in [-0.2, 0) is 14.3 Å². The number of aliphatic hydroxyl groups is 7. The molecule has 0 radical (unpaired) electrons. The quantitative estimate of drug-likeness (QED) is 0.0215. The van der Waals surface area contributed by atoms with Crippen LogP contribution in [0.25, 0.3) is 0 Å². The van der Waals surface area contributed by atoms with Gasteiger partial charge in [-0.25, -0.2) is 0 Å². The summed E-state index contributed by atoms with van der Waals surface area (Å²) in [6, 6.07) is -1.17. The molecule has 0 aromatic carbocycles. The minimum atomic E-state index is -1.66. The summed E-state index contributed by atoms with van der Waals surface area (Å²) in [5.74, 6) is -0.689. The molecular formula is C76H147NO10. The van der Waals surface area contributed by atoms with Gasteiger partial charge in [0.15, 0.2) is 6.29 Å². The van der Waals surface area contributed by atoms with Gasteiger partial charge in [0.2, 0.25) is 5.91 Å². The number of aliphatic hydroxyl groups excluding tert-OH is 7. The second-order valence-electron chi connectivity index (χ2n) is 27.1. The highest BCUT2D eigenvalue weighted by molar-refractivity contribution is 5.80. The van der Waals surface area contributed by atoms with Gasteiger partial charge in [0.05, 0.1) is 25.4 Å². The Morgan fingerprint density at radius 3 is 1.02 bits per heavy atom. The third-order valence-corrected chi connectivity index (χ3v) is 18.8. The molecule has 11 heteroatoms. The van der Waals surface area contributed by atoms with E-state index in [9.17, 15) is 40.5 Å². The summed E-state index contributed by atoms with van der Waals surface area (Å²) in [6.45, 7) is 3.53. The van der Waals surface area contributed by atoms with Crippen molar-refractivity contribution in [3.63, 3.8) is 0 Å². The molecule has 87 heavy (non-hydrogen) atoms. The van der Waals surface area contributed by atoms with Gasteiger partial charge in [-0.15, -0.1) is 0 Å². The highest BCUT2D eigenvalue weighted by atomic mass is 16.7. The number of nitrogens with one attached hydrogen (secondary N) is 1. The molecule has 0 aromatic heterocycles. The fourth-order valence-corrected chi connectivity index (χ4v) is 12.7. The summed E-state index contributed by atoms with van der Waals surface area (Å²) >= 11 is 0. The SMILES string of the molecule is CCCCCCCCCCCCCCC/C=C\C/C=C\CCCCCCCCCCCCCCCCCCC(O)C(=O)NC(COC1OC(CO)C(O)C(O)C1O)C(O)C(O)CCCCCCCCCCCCCCCCCCCCCCCCCC. The van der Waals surface area contributed by atoms with Crippen LogP contribution in [0.3, 0.4) is 0 Å². The lowest BCUT2D eigenvalue weighted by Crippen LogP contribution is -2.60. The van der Waals surface area contributed by atoms with Crippen molar-refractivity contribution < 1.29 is 50.0 Å². The Labute approximate surface area is 537 Å². The van der Waals surface area contributed by atoms with Crippen LogP contribution in [0.1, 0.15) is 386 Å². The summed E-state index contributed by atoms with van der Waals surface area (Å²) < 4.78 is 11.2. The van der Waals surface area contributed by atoms with E-state index in [1.165, 1.54) is 302 Å². The molecule has 1 aliphatic heterocycles. The molecule has 516 valence electrons. The van der Waals surface area contributed by atoms with Crippen molar-refractivity contribution in [3.8, 4) is 0 Å². The Hall–Kier alpha value is -1.41. The van der Waals surface area contributed by atoms with Gasteiger partial charge in [-0.1, -0.05) is 366 Å². The minimum Gasteiger partial charge on any atom is -0.394 e. The molecule has 0 bridgehead atoms. The van der Waals surface area contributed by atoms with Gasteiger partial charge in [0.1, 0.15) is 36.6 Å². The fraction of sp³-hybridized carbons (Fsp3) is 0.934. The molecule has 0 spiro atoms. The lowest BCUT2D eigenvalue weighted by molar-refractivity contribution is -0.303. The summed E-state index contributed by atoms with van der Waals surface area (Å²) in [5, 5.41) is 76.7. The first-order valence-electron chi connectivity index (χ1n) is 38.2. The van der Waals surface area contributed by atoms with E-state index >= 15 is 0 Å². The molecule has 1 aliphatic rings. The average Bonchev–Trinajstić information content (AvgIpc) is 1.97. The van der Waals surface area contributed by atoms with E-state index < -0.39 is 74.2 Å². The second-order valence-corrected chi connectivity index (χ2v) is 27.1. The number of carbonyl (C=O) groups excluding carboxylic acids is 1. The van der Waals surface area contributed by atoms with E-state index in [-0.39, 0.29) is 6.42 Å². The fourth-order valence-electron chi connectivity index (χ4n) is 12.7. The van der Waals surface area contributed by atoms with Crippen LogP contribution in [0.4, 0.5) is 0 Å². The van der Waals surface area contributed by atoms with Gasteiger partial charge in [-0.05, 0) is 44.9 Å². The standard InChI is InChI=1S/C76H147NO10/c1-3-5-7-9-11-13-15-17-19-21-23-25-27-29-30-31-32-33-34-35-36-37-38-39-40-42-44-46-48-50-52-54-56-58-60-62-64-69(80)75(85)77-67(66-86-76-74(84)73(83)72(82)70(65-78)87-76)71(81)68(79)63-61-59-57-55-53-51-49-47-45-43-41-28-26-24-22-20-18-16-14-12-10-8-6-4-2/h30-31,33-34,67-74,76,78-84H,3-29,32,35-66H2,1-2H3,(H,77,85)/b31-30-,34-33-. The molecule has 1 fully saturated rings. The van der Waals surface area contributed by atoms with E-state index in [0.29, 0.717) is 19.3 Å². The van der Waals surface area contributed by atoms with Crippen LogP contribution in [0, 0.1) is 0 Å². The predicted octanol–water partition coefficient (Wildman–Crippen LogP) is 19.1. The van der Waals surface area contributed by atoms with Crippen molar-refractivity contribution in [1.82, 2.24) is 5.32 Å². The Morgan fingerprint density at radius 2 is 0.701 bits per heavy atom. The maximum Gasteiger partial charge on any atom is 0.249 e. The molecule has 0 aliphatic carbocycles. The number of unbranched alkanes of at least 4 members (excludes halogenated alkanes) is 52. The van der Waals surface area contributed by atoms with Gasteiger partial charge < -0.3 is 50.5 Å². The van der Waals surface area contributed by atoms with E-state index in [0.717, 1.165) is 44.9 Å². The largest absolute Gasteiger partial charge is 0.394 e. The number of rotatable bonds is 68. The van der Waals surface area contributed by atoms with Gasteiger partial charge in [-0.2, -0.15) is 0 Å². The zero-order valence-electron chi connectivity index (χ0n) is 57.3. The number of ether oxygens (including phenoxy) is 2. The van der Waals surface area contributed by atoms with Gasteiger partial charge in [-0.3, -0.25) is 4.79 Å². The molecule has 1 saturated heterocycles. The van der Waals surface area contributed by atoms with Crippen LogP contribution < -0.4 is 5.32 Å². The first-order chi connectivity index (χ1) is 42.7. The topological polar surface area (TPSA) is 189 Å². The number of hydrogen-bond donors (Lipinski definition) is 8. The molecule has 9 atom stereocenters. The van der Waals surface area contributed by atoms with E-state index in [1.807, 2.05) is 0 Å². The normalized spacial score (nSPS) is 18.7. The maximum atomic E-state index is 13.3. The van der Waals surface area contributed by atoms with Gasteiger partial charge >= 0.3 is 0 Å². The summed E-state index contributed by atoms with van der Waals surface area (Å²) in [7, 11) is 0. The van der Waals surface area contributed by atoms with Gasteiger partial charge in [0.25, 0.3) is 0 Å². The highest BCUT2D eigenvalue weighted by Crippen LogP contribution is 2.24. The predicted molar refractivity (Wildman–Crippen MR) is 367 cm³/mol. The molecule has 0 saturated carbocycles. The van der Waals surface area contributed by atoms with Crippen LogP contribution in [0.15, 0.2) is 24.3 Å². The Morgan fingerprint density at radius 1 is 0.402 bits per heavy atom. The zero-order chi connectivity index (χ0) is 63.1. The third kappa shape index (κ3) is 51.8. The Bertz CT molecular complexity index is 1460. The lowest BCUT2D eigenvalue weighted by atomic mass is 9.98. The second kappa shape index (κ2) is 64.7. The first kappa shape index (κ1) is 83.6. The maximum absolute atomic E-state index is 13.3. The number of allylic oxidation sites excluding steroid dienone is 4. The highest BCUT2D eigenvalue weighted by Gasteiger charge is 2.44. The molecule has 1 rings (SSSR count). The zero-order valence-corrected chi connectivity index (χ0v) is 57.3. The first-order valence-corrected chi connectivity index (χ1v) is 38.2. The molecule has 11 nitrogen and oxygen atoms in total. The van der Waals surface area contributed by atoms with E-state index in [2.05, 4.69) is 43.5 Å². The molecular weight excluding hydrogens is 1090 g/mol. The van der Waals surface area contributed by atoms with Gasteiger partial charge in [0, 0.05) is 0 Å². The third-order valence-electron chi connectivity index (χ3n) is 18.8. The van der Waals surface area contributed by atoms with Crippen molar-refractivity contribution in [2.24, 2.45) is 0 Å². The van der Waals surface area contributed by atoms with E-state index in [1.54, 1.807) is 0 Å². The summed E-state index contributed by atoms with van der Waals surface area (Å²) in [4.78, 5) is 13.3. The number of carbonyl (C=O) groups is 1. The van der Waals surface area contributed by atoms with Crippen LogP contribution in [-0.4, -0.2) is 110 Å². The molecule has 1 amide bonds. The monoisotopic (exact) mass is 1230 g/mol. The summed E-state index contributed by atoms with van der Waals surface area (Å²) in [5.41, 5.74) is 0. The van der Waals surface area contributed by atoms with Crippen molar-refractivity contribution in [1.29, 1.82) is 0 Å². The average molecular weight is 1240 g/mol. The molecule has 1 heterocycles. The number of hydrogen-bond acceptors (Lipinski definition) is 10. The van der Waals surface area contributed by atoms with Crippen molar-refractivity contribution in [2.75, 3.05) is 13.2 Å². The van der Waals surface area contributed by atoms with E-state index in [4.69, 9.17) is 9.47 Å². The lowest BCUT2D eigenvalue weighted by Gasteiger charge is -2.40. The van der Waals surface area contributed by atoms with Crippen LogP contribution in [0.5, 0.6) is 0 Å². The van der Waals surface area contributed by atoms with Crippen molar-refractivity contribution in [3.05, 3.63) is 24.3 Å². The molecule has 9 unspecified atom stereocenters. The minimum absolute atomic E-state index is 0.263. The molecule has 8 N–H and O–H groups in total. The van der Waals surface area contributed by atoms with Crippen molar-refractivity contribution >= 4 is 5.91 Å². The molecule has 0 aromatic rings. The Kier molecular flexibility index (Phi) is 62.2. The summed E-state index contributed by atoms with van der Waals surface area (Å²) in [6.07, 6.45) is 71.3.